The summed E-state index contributed by atoms with van der Waals surface area (Å²) < 4.78 is 39.3. The molecule has 1 amide bonds. The van der Waals surface area contributed by atoms with Crippen molar-refractivity contribution in [2.24, 2.45) is 0 Å². The van der Waals surface area contributed by atoms with E-state index in [-0.39, 0.29) is 12.6 Å². The third kappa shape index (κ3) is 5.58. The quantitative estimate of drug-likeness (QED) is 0.770. The smallest absolute Gasteiger partial charge is 0.348 e. The van der Waals surface area contributed by atoms with Crippen LogP contribution in [-0.4, -0.2) is 31.1 Å². The molecule has 2 rings (SSSR count). The zero-order chi connectivity index (χ0) is 20.2. The summed E-state index contributed by atoms with van der Waals surface area (Å²) in [4.78, 5) is 25.2. The lowest BCUT2D eigenvalue weighted by Gasteiger charge is -2.22. The maximum atomic E-state index is 12.9. The van der Waals surface area contributed by atoms with Gasteiger partial charge in [-0.1, -0.05) is 41.9 Å². The monoisotopic (exact) mass is 402 g/mol. The van der Waals surface area contributed by atoms with E-state index in [1.54, 1.807) is 0 Å². The largest absolute Gasteiger partial charge is 0.417 e. The average Bonchev–Trinajstić information content (AvgIpc) is 2.58. The third-order valence-electron chi connectivity index (χ3n) is 4.09. The maximum Gasteiger partial charge on any atom is 0.417 e. The second kappa shape index (κ2) is 8.58. The predicted molar refractivity (Wildman–Crippen MR) is 95.7 cm³/mol. The summed E-state index contributed by atoms with van der Waals surface area (Å²) in [6, 6.07) is 10.0. The van der Waals surface area contributed by atoms with Gasteiger partial charge in [-0.05, 0) is 6.07 Å². The Morgan fingerprint density at radius 2 is 1.89 bits per heavy atom. The minimum absolute atomic E-state index is 0.0445. The number of amides is 1. The number of alkyl halides is 3. The zero-order valence-corrected chi connectivity index (χ0v) is 15.6. The van der Waals surface area contributed by atoms with Gasteiger partial charge in [0.15, 0.2) is 0 Å². The van der Waals surface area contributed by atoms with Crippen molar-refractivity contribution in [3.05, 3.63) is 69.1 Å². The van der Waals surface area contributed by atoms with Crippen LogP contribution in [0, 0.1) is 0 Å². The van der Waals surface area contributed by atoms with Gasteiger partial charge in [-0.2, -0.15) is 13.2 Å². The first kappa shape index (κ1) is 21.0. The van der Waals surface area contributed by atoms with Gasteiger partial charge in [0, 0.05) is 11.8 Å². The summed E-state index contributed by atoms with van der Waals surface area (Å²) in [6.45, 7) is -0.278. The van der Waals surface area contributed by atoms with Crippen LogP contribution in [0.2, 0.25) is 5.02 Å². The van der Waals surface area contributed by atoms with Crippen molar-refractivity contribution in [2.75, 3.05) is 20.6 Å². The minimum Gasteiger partial charge on any atom is -0.348 e. The highest BCUT2D eigenvalue weighted by Crippen LogP contribution is 2.29. The highest BCUT2D eigenvalue weighted by Gasteiger charge is 2.32. The Labute approximate surface area is 159 Å². The Bertz CT molecular complexity index is 851. The molecule has 146 valence electrons. The molecule has 0 aliphatic carbocycles. The summed E-state index contributed by atoms with van der Waals surface area (Å²) >= 11 is 5.59. The molecule has 0 unspecified atom stereocenters. The standard InChI is InChI=1S/C18H19ClF3N3O2/c1-24(2)15(12-6-4-3-5-7-12)9-23-16(26)11-25-10-13(18(20,21)22)8-14(19)17(25)27/h3-8,10,15H,9,11H2,1-2H3,(H,23,26)/p+1/t15-/m1/s1. The van der Waals surface area contributed by atoms with Gasteiger partial charge in [0.2, 0.25) is 5.91 Å². The number of carbonyl (C=O) groups is 1. The van der Waals surface area contributed by atoms with Crippen LogP contribution in [0.5, 0.6) is 0 Å². The van der Waals surface area contributed by atoms with E-state index in [4.69, 9.17) is 11.6 Å². The molecule has 2 N–H and O–H groups in total. The van der Waals surface area contributed by atoms with E-state index in [0.29, 0.717) is 16.8 Å². The van der Waals surface area contributed by atoms with Gasteiger partial charge in [0.05, 0.1) is 26.2 Å². The maximum absolute atomic E-state index is 12.9. The lowest BCUT2D eigenvalue weighted by molar-refractivity contribution is -0.890. The Morgan fingerprint density at radius 1 is 1.26 bits per heavy atom. The number of pyridine rings is 1. The number of nitrogens with zero attached hydrogens (tertiary/aromatic N) is 1. The van der Waals surface area contributed by atoms with E-state index < -0.39 is 34.8 Å². The number of carbonyl (C=O) groups excluding carboxylic acids is 1. The number of quaternary nitrogens is 1. The number of hydrogen-bond donors (Lipinski definition) is 2. The molecule has 0 saturated carbocycles. The van der Waals surface area contributed by atoms with Gasteiger partial charge in [-0.15, -0.1) is 0 Å². The highest BCUT2D eigenvalue weighted by molar-refractivity contribution is 6.30. The number of nitrogens with one attached hydrogen (secondary N) is 2. The Balaban J connectivity index is 2.11. The second-order valence-corrected chi connectivity index (χ2v) is 6.76. The van der Waals surface area contributed by atoms with Gasteiger partial charge >= 0.3 is 6.18 Å². The van der Waals surface area contributed by atoms with Crippen molar-refractivity contribution in [2.45, 2.75) is 18.8 Å². The summed E-state index contributed by atoms with van der Waals surface area (Å²) in [5.74, 6) is -0.574. The lowest BCUT2D eigenvalue weighted by atomic mass is 10.1. The molecule has 0 bridgehead atoms. The van der Waals surface area contributed by atoms with E-state index in [1.807, 2.05) is 44.4 Å². The Morgan fingerprint density at radius 3 is 2.44 bits per heavy atom. The molecule has 27 heavy (non-hydrogen) atoms. The molecule has 0 fully saturated rings. The molecule has 0 saturated heterocycles. The fraction of sp³-hybridized carbons (Fsp3) is 0.333. The van der Waals surface area contributed by atoms with E-state index in [0.717, 1.165) is 10.5 Å². The van der Waals surface area contributed by atoms with Gasteiger partial charge in [0.1, 0.15) is 17.6 Å². The number of halogens is 4. The molecule has 1 aromatic carbocycles. The molecule has 2 aromatic rings. The van der Waals surface area contributed by atoms with Crippen LogP contribution in [0.4, 0.5) is 13.2 Å². The topological polar surface area (TPSA) is 55.5 Å². The molecular formula is C18H20ClF3N3O2+. The third-order valence-corrected chi connectivity index (χ3v) is 4.36. The van der Waals surface area contributed by atoms with E-state index >= 15 is 0 Å². The fourth-order valence-corrected chi connectivity index (χ4v) is 2.86. The summed E-state index contributed by atoms with van der Waals surface area (Å²) in [7, 11) is 3.86. The predicted octanol–water partition coefficient (Wildman–Crippen LogP) is 1.52. The van der Waals surface area contributed by atoms with E-state index in [1.165, 1.54) is 0 Å². The Hall–Kier alpha value is -2.32. The van der Waals surface area contributed by atoms with Crippen molar-refractivity contribution < 1.29 is 22.9 Å². The van der Waals surface area contributed by atoms with Crippen LogP contribution >= 0.6 is 11.6 Å². The molecule has 1 aromatic heterocycles. The Kier molecular flexibility index (Phi) is 6.67. The average molecular weight is 403 g/mol. The van der Waals surface area contributed by atoms with Gasteiger partial charge < -0.3 is 14.8 Å². The summed E-state index contributed by atoms with van der Waals surface area (Å²) in [5, 5.41) is 2.09. The zero-order valence-electron chi connectivity index (χ0n) is 14.8. The normalized spacial score (nSPS) is 12.9. The SMILES string of the molecule is C[NH+](C)[C@H](CNC(=O)Cn1cc(C(F)(F)F)cc(Cl)c1=O)c1ccccc1. The van der Waals surface area contributed by atoms with Crippen molar-refractivity contribution in [1.82, 2.24) is 9.88 Å². The minimum atomic E-state index is -4.66. The molecule has 0 aliphatic heterocycles. The molecule has 0 spiro atoms. The lowest BCUT2D eigenvalue weighted by Crippen LogP contribution is -3.07. The highest BCUT2D eigenvalue weighted by atomic mass is 35.5. The molecular weight excluding hydrogens is 383 g/mol. The van der Waals surface area contributed by atoms with E-state index in [2.05, 4.69) is 5.32 Å². The first-order chi connectivity index (χ1) is 12.6. The van der Waals surface area contributed by atoms with Gasteiger partial charge in [0.25, 0.3) is 5.56 Å². The second-order valence-electron chi connectivity index (χ2n) is 6.35. The number of rotatable bonds is 6. The summed E-state index contributed by atoms with van der Waals surface area (Å²) in [6.07, 6.45) is -4.07. The van der Waals surface area contributed by atoms with Crippen molar-refractivity contribution in [3.8, 4) is 0 Å². The fourth-order valence-electron chi connectivity index (χ4n) is 2.64. The molecule has 0 aliphatic rings. The van der Waals surface area contributed by atoms with Gasteiger partial charge in [-0.3, -0.25) is 9.59 Å². The number of hydrogen-bond acceptors (Lipinski definition) is 2. The van der Waals surface area contributed by atoms with Gasteiger partial charge in [-0.25, -0.2) is 0 Å². The summed E-state index contributed by atoms with van der Waals surface area (Å²) in [5.41, 5.74) is -0.922. The first-order valence-electron chi connectivity index (χ1n) is 8.18. The van der Waals surface area contributed by atoms with Crippen LogP contribution in [0.15, 0.2) is 47.4 Å². The van der Waals surface area contributed by atoms with Crippen LogP contribution in [0.3, 0.4) is 0 Å². The van der Waals surface area contributed by atoms with Crippen molar-refractivity contribution in [3.63, 3.8) is 0 Å². The van der Waals surface area contributed by atoms with Crippen molar-refractivity contribution >= 4 is 17.5 Å². The molecule has 1 heterocycles. The molecule has 0 radical (unpaired) electrons. The van der Waals surface area contributed by atoms with E-state index in [9.17, 15) is 22.8 Å². The molecule has 1 atom stereocenters. The number of likely N-dealkylation sites (N-methyl/N-ethyl adjacent to an activating group) is 1. The molecule has 9 heteroatoms. The van der Waals surface area contributed by atoms with Crippen molar-refractivity contribution in [1.29, 1.82) is 0 Å². The van der Waals surface area contributed by atoms with Crippen LogP contribution in [-0.2, 0) is 17.5 Å². The molecule has 5 nitrogen and oxygen atoms in total. The van der Waals surface area contributed by atoms with Crippen LogP contribution in [0.1, 0.15) is 17.2 Å². The number of benzene rings is 1. The first-order valence-corrected chi connectivity index (χ1v) is 8.56. The van der Waals surface area contributed by atoms with Crippen LogP contribution in [0.25, 0.3) is 0 Å². The number of aromatic nitrogens is 1. The van der Waals surface area contributed by atoms with Crippen LogP contribution < -0.4 is 15.8 Å².